The highest BCUT2D eigenvalue weighted by atomic mass is 15.2. The van der Waals surface area contributed by atoms with Crippen molar-refractivity contribution in [2.45, 2.75) is 53.9 Å². The quantitative estimate of drug-likeness (QED) is 0.744. The van der Waals surface area contributed by atoms with Crippen LogP contribution < -0.4 is 10.2 Å². The average Bonchev–Trinajstić information content (AvgIpc) is 2.37. The van der Waals surface area contributed by atoms with Crippen LogP contribution in [0.5, 0.6) is 0 Å². The van der Waals surface area contributed by atoms with Crippen LogP contribution in [0.3, 0.4) is 0 Å². The normalized spacial score (nSPS) is 10.9. The molecule has 0 aliphatic rings. The Kier molecular flexibility index (Phi) is 7.34. The van der Waals surface area contributed by atoms with Crippen LogP contribution in [0, 0.1) is 12.8 Å². The van der Waals surface area contributed by atoms with E-state index < -0.39 is 0 Å². The minimum absolute atomic E-state index is 0.710. The predicted octanol–water partition coefficient (Wildman–Crippen LogP) is 3.87. The van der Waals surface area contributed by atoms with Gasteiger partial charge in [-0.15, -0.1) is 0 Å². The molecule has 0 aliphatic carbocycles. The molecule has 0 fully saturated rings. The molecule has 4 heteroatoms. The van der Waals surface area contributed by atoms with Crippen LogP contribution in [0.25, 0.3) is 0 Å². The van der Waals surface area contributed by atoms with E-state index in [4.69, 9.17) is 0 Å². The van der Waals surface area contributed by atoms with E-state index in [1.165, 1.54) is 0 Å². The first-order chi connectivity index (χ1) is 9.56. The summed E-state index contributed by atoms with van der Waals surface area (Å²) in [6, 6.07) is 2.08. The van der Waals surface area contributed by atoms with E-state index in [2.05, 4.69) is 53.9 Å². The molecule has 0 atom stereocenters. The van der Waals surface area contributed by atoms with E-state index >= 15 is 0 Å². The van der Waals surface area contributed by atoms with E-state index in [0.29, 0.717) is 5.92 Å². The number of hydrogen-bond acceptors (Lipinski definition) is 4. The van der Waals surface area contributed by atoms with Gasteiger partial charge < -0.3 is 10.2 Å². The summed E-state index contributed by atoms with van der Waals surface area (Å²) in [7, 11) is 0. The zero-order valence-corrected chi connectivity index (χ0v) is 13.7. The van der Waals surface area contributed by atoms with Crippen LogP contribution in [-0.4, -0.2) is 29.6 Å². The van der Waals surface area contributed by atoms with Crippen LogP contribution >= 0.6 is 0 Å². The summed E-state index contributed by atoms with van der Waals surface area (Å²) in [5.41, 5.74) is 0. The smallest absolute Gasteiger partial charge is 0.134 e. The molecule has 0 saturated heterocycles. The summed E-state index contributed by atoms with van der Waals surface area (Å²) in [5.74, 6) is 3.55. The summed E-state index contributed by atoms with van der Waals surface area (Å²) in [6.07, 6.45) is 3.43. The van der Waals surface area contributed by atoms with Crippen LogP contribution in [0.1, 0.15) is 52.8 Å². The Morgan fingerprint density at radius 1 is 1.15 bits per heavy atom. The number of anilines is 2. The number of aromatic nitrogens is 2. The first-order valence-electron chi connectivity index (χ1n) is 7.91. The molecule has 0 saturated carbocycles. The molecule has 114 valence electrons. The lowest BCUT2D eigenvalue weighted by Crippen LogP contribution is -2.26. The Morgan fingerprint density at radius 2 is 1.80 bits per heavy atom. The van der Waals surface area contributed by atoms with Crippen molar-refractivity contribution >= 4 is 11.6 Å². The van der Waals surface area contributed by atoms with Crippen molar-refractivity contribution in [2.75, 3.05) is 29.9 Å². The third kappa shape index (κ3) is 5.76. The SMILES string of the molecule is CCCN(CCC)c1cc(NCCC(C)C)nc(C)n1. The van der Waals surface area contributed by atoms with Crippen molar-refractivity contribution in [1.82, 2.24) is 9.97 Å². The summed E-state index contributed by atoms with van der Waals surface area (Å²) < 4.78 is 0. The van der Waals surface area contributed by atoms with Gasteiger partial charge in [0.2, 0.25) is 0 Å². The second kappa shape index (κ2) is 8.77. The van der Waals surface area contributed by atoms with Crippen molar-refractivity contribution in [3.63, 3.8) is 0 Å². The molecule has 0 spiro atoms. The molecule has 1 aromatic heterocycles. The molecule has 0 radical (unpaired) electrons. The highest BCUT2D eigenvalue weighted by Crippen LogP contribution is 2.17. The van der Waals surface area contributed by atoms with Gasteiger partial charge in [0.1, 0.15) is 17.5 Å². The molecule has 1 N–H and O–H groups in total. The maximum atomic E-state index is 4.59. The van der Waals surface area contributed by atoms with Gasteiger partial charge in [0.25, 0.3) is 0 Å². The van der Waals surface area contributed by atoms with Gasteiger partial charge in [0.05, 0.1) is 0 Å². The number of nitrogens with one attached hydrogen (secondary N) is 1. The Hall–Kier alpha value is -1.32. The summed E-state index contributed by atoms with van der Waals surface area (Å²) in [6.45, 7) is 13.9. The summed E-state index contributed by atoms with van der Waals surface area (Å²) >= 11 is 0. The van der Waals surface area contributed by atoms with Gasteiger partial charge in [0, 0.05) is 25.7 Å². The van der Waals surface area contributed by atoms with E-state index in [1.807, 2.05) is 6.92 Å². The van der Waals surface area contributed by atoms with Crippen molar-refractivity contribution in [3.8, 4) is 0 Å². The lowest BCUT2D eigenvalue weighted by molar-refractivity contribution is 0.606. The second-order valence-electron chi connectivity index (χ2n) is 5.75. The number of rotatable bonds is 9. The average molecular weight is 278 g/mol. The predicted molar refractivity (Wildman–Crippen MR) is 87.5 cm³/mol. The molecular weight excluding hydrogens is 248 g/mol. The second-order valence-corrected chi connectivity index (χ2v) is 5.75. The molecule has 0 bridgehead atoms. The minimum atomic E-state index is 0.710. The highest BCUT2D eigenvalue weighted by molar-refractivity contribution is 5.49. The zero-order chi connectivity index (χ0) is 15.0. The minimum Gasteiger partial charge on any atom is -0.370 e. The van der Waals surface area contributed by atoms with Gasteiger partial charge in [-0.3, -0.25) is 0 Å². The zero-order valence-electron chi connectivity index (χ0n) is 13.7. The summed E-state index contributed by atoms with van der Waals surface area (Å²) in [5, 5.41) is 3.42. The van der Waals surface area contributed by atoms with Gasteiger partial charge in [0.15, 0.2) is 0 Å². The van der Waals surface area contributed by atoms with Crippen LogP contribution in [0.2, 0.25) is 0 Å². The largest absolute Gasteiger partial charge is 0.370 e. The van der Waals surface area contributed by atoms with Gasteiger partial charge in [-0.2, -0.15) is 0 Å². The first kappa shape index (κ1) is 16.7. The first-order valence-corrected chi connectivity index (χ1v) is 7.91. The Morgan fingerprint density at radius 3 is 2.35 bits per heavy atom. The van der Waals surface area contributed by atoms with E-state index in [9.17, 15) is 0 Å². The molecule has 20 heavy (non-hydrogen) atoms. The number of nitrogens with zero attached hydrogens (tertiary/aromatic N) is 3. The Balaban J connectivity index is 2.77. The van der Waals surface area contributed by atoms with Gasteiger partial charge >= 0.3 is 0 Å². The molecule has 0 amide bonds. The third-order valence-electron chi connectivity index (χ3n) is 3.16. The van der Waals surface area contributed by atoms with Crippen molar-refractivity contribution in [2.24, 2.45) is 5.92 Å². The van der Waals surface area contributed by atoms with Crippen LogP contribution in [-0.2, 0) is 0 Å². The number of hydrogen-bond donors (Lipinski definition) is 1. The monoisotopic (exact) mass is 278 g/mol. The van der Waals surface area contributed by atoms with Gasteiger partial charge in [-0.05, 0) is 32.1 Å². The lowest BCUT2D eigenvalue weighted by Gasteiger charge is -2.23. The fourth-order valence-corrected chi connectivity index (χ4v) is 2.17. The van der Waals surface area contributed by atoms with E-state index in [-0.39, 0.29) is 0 Å². The van der Waals surface area contributed by atoms with E-state index in [1.54, 1.807) is 0 Å². The van der Waals surface area contributed by atoms with Gasteiger partial charge in [-0.25, -0.2) is 9.97 Å². The van der Waals surface area contributed by atoms with Crippen molar-refractivity contribution in [3.05, 3.63) is 11.9 Å². The van der Waals surface area contributed by atoms with Crippen LogP contribution in [0.4, 0.5) is 11.6 Å². The maximum Gasteiger partial charge on any atom is 0.134 e. The molecule has 1 rings (SSSR count). The maximum absolute atomic E-state index is 4.59. The molecular formula is C16H30N4. The molecule has 0 aliphatic heterocycles. The van der Waals surface area contributed by atoms with Crippen LogP contribution in [0.15, 0.2) is 6.07 Å². The Bertz CT molecular complexity index is 384. The molecule has 4 nitrogen and oxygen atoms in total. The van der Waals surface area contributed by atoms with E-state index in [0.717, 1.165) is 56.4 Å². The fourth-order valence-electron chi connectivity index (χ4n) is 2.17. The topological polar surface area (TPSA) is 41.0 Å². The van der Waals surface area contributed by atoms with Crippen molar-refractivity contribution < 1.29 is 0 Å². The molecule has 1 heterocycles. The molecule has 1 aromatic rings. The molecule has 0 unspecified atom stereocenters. The third-order valence-corrected chi connectivity index (χ3v) is 3.16. The Labute approximate surface area is 124 Å². The fraction of sp³-hybridized carbons (Fsp3) is 0.750. The van der Waals surface area contributed by atoms with Crippen molar-refractivity contribution in [1.29, 1.82) is 0 Å². The summed E-state index contributed by atoms with van der Waals surface area (Å²) in [4.78, 5) is 11.4. The number of aryl methyl sites for hydroxylation is 1. The van der Waals surface area contributed by atoms with Gasteiger partial charge in [-0.1, -0.05) is 27.7 Å². The highest BCUT2D eigenvalue weighted by Gasteiger charge is 2.09. The molecule has 0 aromatic carbocycles. The lowest BCUT2D eigenvalue weighted by atomic mass is 10.1. The standard InChI is InChI=1S/C16H30N4/c1-6-10-20(11-7-2)16-12-15(18-14(5)19-16)17-9-8-13(3)4/h12-13H,6-11H2,1-5H3,(H,17,18,19).